The van der Waals surface area contributed by atoms with E-state index >= 15 is 0 Å². The van der Waals surface area contributed by atoms with Gasteiger partial charge in [-0.1, -0.05) is 12.1 Å². The molecule has 0 atom stereocenters. The lowest BCUT2D eigenvalue weighted by Gasteiger charge is -2.34. The van der Waals surface area contributed by atoms with Gasteiger partial charge in [0.1, 0.15) is 11.6 Å². The van der Waals surface area contributed by atoms with Gasteiger partial charge in [0, 0.05) is 57.0 Å². The third kappa shape index (κ3) is 6.75. The van der Waals surface area contributed by atoms with Crippen LogP contribution in [0.15, 0.2) is 42.5 Å². The number of carbonyl (C=O) groups is 2. The molecule has 0 spiro atoms. The number of anilines is 1. The summed E-state index contributed by atoms with van der Waals surface area (Å²) in [5.74, 6) is -1.11. The van der Waals surface area contributed by atoms with Crippen molar-refractivity contribution < 1.29 is 18.4 Å². The number of piperazine rings is 1. The molecule has 2 aromatic carbocycles. The number of nitrogens with zero attached hydrogens (tertiary/aromatic N) is 2. The van der Waals surface area contributed by atoms with Crippen LogP contribution in [-0.4, -0.2) is 61.0 Å². The van der Waals surface area contributed by atoms with Crippen molar-refractivity contribution in [3.63, 3.8) is 0 Å². The molecule has 3 rings (SSSR count). The van der Waals surface area contributed by atoms with Crippen LogP contribution in [0.3, 0.4) is 0 Å². The minimum Gasteiger partial charge on any atom is -0.340 e. The van der Waals surface area contributed by atoms with E-state index in [4.69, 9.17) is 0 Å². The fraction of sp³-hybridized carbons (Fsp3) is 0.391. The molecule has 31 heavy (non-hydrogen) atoms. The molecule has 1 fully saturated rings. The molecule has 6 nitrogen and oxygen atoms in total. The molecule has 0 aliphatic carbocycles. The monoisotopic (exact) mass is 430 g/mol. The van der Waals surface area contributed by atoms with E-state index < -0.39 is 11.6 Å². The second-order valence-corrected chi connectivity index (χ2v) is 7.64. The molecule has 1 aliphatic rings. The number of urea groups is 1. The Morgan fingerprint density at radius 3 is 2.32 bits per heavy atom. The highest BCUT2D eigenvalue weighted by molar-refractivity contribution is 5.89. The average Bonchev–Trinajstić information content (AvgIpc) is 2.74. The summed E-state index contributed by atoms with van der Waals surface area (Å²) in [6, 6.07) is 9.87. The molecule has 1 aliphatic heterocycles. The number of hydrogen-bond donors (Lipinski definition) is 2. The molecule has 8 heteroatoms. The van der Waals surface area contributed by atoms with Crippen molar-refractivity contribution in [2.75, 3.05) is 44.6 Å². The molecule has 1 saturated heterocycles. The first kappa shape index (κ1) is 22.7. The summed E-state index contributed by atoms with van der Waals surface area (Å²) in [5.41, 5.74) is 1.50. The van der Waals surface area contributed by atoms with Gasteiger partial charge in [-0.2, -0.15) is 0 Å². The standard InChI is InChI=1S/C23H28F2N4O2/c1-17(30)29-14-12-28(13-15-29)11-3-2-10-26-23(31)27-20-7-4-18(5-8-20)21-9-6-19(24)16-22(21)25/h4-9,16H,2-3,10-15H2,1H3,(H2,26,27,31). The second kappa shape index (κ2) is 10.9. The zero-order valence-electron chi connectivity index (χ0n) is 17.7. The van der Waals surface area contributed by atoms with E-state index in [0.29, 0.717) is 23.4 Å². The van der Waals surface area contributed by atoms with Crippen LogP contribution in [0.5, 0.6) is 0 Å². The van der Waals surface area contributed by atoms with E-state index in [9.17, 15) is 18.4 Å². The van der Waals surface area contributed by atoms with Crippen LogP contribution >= 0.6 is 0 Å². The third-order valence-electron chi connectivity index (χ3n) is 5.39. The molecule has 2 aromatic rings. The van der Waals surface area contributed by atoms with Gasteiger partial charge in [0.2, 0.25) is 5.91 Å². The van der Waals surface area contributed by atoms with E-state index in [1.165, 1.54) is 12.1 Å². The number of nitrogens with one attached hydrogen (secondary N) is 2. The van der Waals surface area contributed by atoms with E-state index in [0.717, 1.165) is 51.6 Å². The molecule has 1 heterocycles. The fourth-order valence-electron chi connectivity index (χ4n) is 3.58. The van der Waals surface area contributed by atoms with Gasteiger partial charge in [-0.25, -0.2) is 13.6 Å². The lowest BCUT2D eigenvalue weighted by molar-refractivity contribution is -0.130. The van der Waals surface area contributed by atoms with Crippen LogP contribution in [0.1, 0.15) is 19.8 Å². The van der Waals surface area contributed by atoms with Crippen LogP contribution in [-0.2, 0) is 4.79 Å². The fourth-order valence-corrected chi connectivity index (χ4v) is 3.58. The summed E-state index contributed by atoms with van der Waals surface area (Å²) < 4.78 is 26.9. The van der Waals surface area contributed by atoms with Crippen molar-refractivity contribution in [2.24, 2.45) is 0 Å². The number of carbonyl (C=O) groups excluding carboxylic acids is 2. The lowest BCUT2D eigenvalue weighted by Crippen LogP contribution is -2.48. The quantitative estimate of drug-likeness (QED) is 0.659. The average molecular weight is 430 g/mol. The Labute approximate surface area is 181 Å². The summed E-state index contributed by atoms with van der Waals surface area (Å²) in [7, 11) is 0. The van der Waals surface area contributed by atoms with Gasteiger partial charge in [0.15, 0.2) is 0 Å². The van der Waals surface area contributed by atoms with Crippen LogP contribution < -0.4 is 10.6 Å². The van der Waals surface area contributed by atoms with Crippen LogP contribution in [0.4, 0.5) is 19.3 Å². The van der Waals surface area contributed by atoms with Crippen LogP contribution in [0.25, 0.3) is 11.1 Å². The maximum atomic E-state index is 13.9. The largest absolute Gasteiger partial charge is 0.340 e. The smallest absolute Gasteiger partial charge is 0.319 e. The van der Waals surface area contributed by atoms with Gasteiger partial charge < -0.3 is 15.5 Å². The predicted molar refractivity (Wildman–Crippen MR) is 117 cm³/mol. The Bertz CT molecular complexity index is 897. The molecule has 0 saturated carbocycles. The van der Waals surface area contributed by atoms with Gasteiger partial charge >= 0.3 is 6.03 Å². The molecular weight excluding hydrogens is 402 g/mol. The number of halogens is 2. The van der Waals surface area contributed by atoms with Gasteiger partial charge in [-0.3, -0.25) is 9.69 Å². The molecule has 0 bridgehead atoms. The Hall–Kier alpha value is -3.00. The number of benzene rings is 2. The van der Waals surface area contributed by atoms with Crippen molar-refractivity contribution in [3.05, 3.63) is 54.1 Å². The number of amides is 3. The van der Waals surface area contributed by atoms with Crippen LogP contribution in [0.2, 0.25) is 0 Å². The molecular formula is C23H28F2N4O2. The van der Waals surface area contributed by atoms with Crippen molar-refractivity contribution >= 4 is 17.6 Å². The zero-order valence-corrected chi connectivity index (χ0v) is 17.7. The summed E-state index contributed by atoms with van der Waals surface area (Å²) >= 11 is 0. The Balaban J connectivity index is 1.34. The maximum absolute atomic E-state index is 13.9. The SMILES string of the molecule is CC(=O)N1CCN(CCCCNC(=O)Nc2ccc(-c3ccc(F)cc3F)cc2)CC1. The molecule has 3 amide bonds. The number of hydrogen-bond acceptors (Lipinski definition) is 3. The highest BCUT2D eigenvalue weighted by Crippen LogP contribution is 2.24. The van der Waals surface area contributed by atoms with Gasteiger partial charge in [-0.05, 0) is 49.2 Å². The van der Waals surface area contributed by atoms with Gasteiger partial charge in [-0.15, -0.1) is 0 Å². The molecule has 166 valence electrons. The molecule has 2 N–H and O–H groups in total. The van der Waals surface area contributed by atoms with E-state index in [-0.39, 0.29) is 11.9 Å². The summed E-state index contributed by atoms with van der Waals surface area (Å²) in [5, 5.41) is 5.58. The Kier molecular flexibility index (Phi) is 7.94. The van der Waals surface area contributed by atoms with Crippen LogP contribution in [0, 0.1) is 11.6 Å². The normalized spacial score (nSPS) is 14.4. The van der Waals surface area contributed by atoms with Crippen molar-refractivity contribution in [3.8, 4) is 11.1 Å². The highest BCUT2D eigenvalue weighted by Gasteiger charge is 2.17. The van der Waals surface area contributed by atoms with Gasteiger partial charge in [0.25, 0.3) is 0 Å². The first-order valence-corrected chi connectivity index (χ1v) is 10.5. The third-order valence-corrected chi connectivity index (χ3v) is 5.39. The van der Waals surface area contributed by atoms with E-state index in [1.807, 2.05) is 4.90 Å². The van der Waals surface area contributed by atoms with E-state index in [2.05, 4.69) is 15.5 Å². The summed E-state index contributed by atoms with van der Waals surface area (Å²) in [6.45, 7) is 6.47. The highest BCUT2D eigenvalue weighted by atomic mass is 19.1. The Morgan fingerprint density at radius 1 is 0.968 bits per heavy atom. The number of rotatable bonds is 7. The predicted octanol–water partition coefficient (Wildman–Crippen LogP) is 3.70. The molecule has 0 unspecified atom stereocenters. The van der Waals surface area contributed by atoms with Gasteiger partial charge in [0.05, 0.1) is 0 Å². The number of unbranched alkanes of at least 4 members (excludes halogenated alkanes) is 1. The summed E-state index contributed by atoms with van der Waals surface area (Å²) in [6.07, 6.45) is 1.83. The first-order valence-electron chi connectivity index (χ1n) is 10.5. The summed E-state index contributed by atoms with van der Waals surface area (Å²) in [4.78, 5) is 27.6. The molecule has 0 radical (unpaired) electrons. The first-order chi connectivity index (χ1) is 14.9. The second-order valence-electron chi connectivity index (χ2n) is 7.64. The van der Waals surface area contributed by atoms with Crippen molar-refractivity contribution in [1.82, 2.24) is 15.1 Å². The maximum Gasteiger partial charge on any atom is 0.319 e. The molecule has 0 aromatic heterocycles. The zero-order chi connectivity index (χ0) is 22.2. The van der Waals surface area contributed by atoms with Crippen molar-refractivity contribution in [2.45, 2.75) is 19.8 Å². The van der Waals surface area contributed by atoms with Crippen molar-refractivity contribution in [1.29, 1.82) is 0 Å². The topological polar surface area (TPSA) is 64.7 Å². The Morgan fingerprint density at radius 2 is 1.68 bits per heavy atom. The van der Waals surface area contributed by atoms with E-state index in [1.54, 1.807) is 31.2 Å². The minimum atomic E-state index is -0.626. The minimum absolute atomic E-state index is 0.132. The lowest BCUT2D eigenvalue weighted by atomic mass is 10.0.